The summed E-state index contributed by atoms with van der Waals surface area (Å²) < 4.78 is 10.6. The molecule has 0 spiro atoms. The summed E-state index contributed by atoms with van der Waals surface area (Å²) in [7, 11) is 0. The van der Waals surface area contributed by atoms with Crippen molar-refractivity contribution >= 4 is 45.0 Å². The van der Waals surface area contributed by atoms with Crippen LogP contribution in [-0.4, -0.2) is 22.0 Å². The molecule has 2 aromatic carbocycles. The number of benzene rings is 2. The van der Waals surface area contributed by atoms with Crippen LogP contribution in [0.15, 0.2) is 52.4 Å². The largest absolute Gasteiger partial charge is 0.459 e. The van der Waals surface area contributed by atoms with Crippen molar-refractivity contribution < 1.29 is 18.8 Å². The molecule has 2 aromatic heterocycles. The topological polar surface area (TPSA) is 85.5 Å². The van der Waals surface area contributed by atoms with Crippen molar-refractivity contribution in [2.45, 2.75) is 33.8 Å². The molecule has 0 N–H and O–H groups in total. The van der Waals surface area contributed by atoms with Crippen LogP contribution >= 0.6 is 11.3 Å². The highest BCUT2D eigenvalue weighted by Crippen LogP contribution is 2.32. The Morgan fingerprint density at radius 2 is 1.94 bits per heavy atom. The van der Waals surface area contributed by atoms with E-state index in [1.807, 2.05) is 50.2 Å². The van der Waals surface area contributed by atoms with Crippen LogP contribution in [0.5, 0.6) is 0 Å². The van der Waals surface area contributed by atoms with Crippen LogP contribution in [0.2, 0.25) is 0 Å². The van der Waals surface area contributed by atoms with Crippen molar-refractivity contribution in [2.24, 2.45) is 0 Å². The highest BCUT2D eigenvalue weighted by atomic mass is 32.1. The second-order valence-electron chi connectivity index (χ2n) is 7.16. The number of fused-ring (bicyclic) bond motifs is 1. The van der Waals surface area contributed by atoms with E-state index < -0.39 is 5.97 Å². The maximum absolute atomic E-state index is 12.4. The SMILES string of the molecule is CC(=O)N(c1nc(COC(=O)Cc2noc3ccccc23)cs1)c1cccc(C)c1C. The predicted molar refractivity (Wildman–Crippen MR) is 118 cm³/mol. The third-order valence-corrected chi connectivity index (χ3v) is 5.88. The fraction of sp³-hybridized carbons (Fsp3) is 0.217. The molecule has 8 heteroatoms. The lowest BCUT2D eigenvalue weighted by Gasteiger charge is -2.21. The smallest absolute Gasteiger partial charge is 0.312 e. The first-order chi connectivity index (χ1) is 14.9. The second kappa shape index (κ2) is 8.69. The summed E-state index contributed by atoms with van der Waals surface area (Å²) in [6, 6.07) is 13.2. The van der Waals surface area contributed by atoms with E-state index >= 15 is 0 Å². The molecule has 1 amide bonds. The number of ether oxygens (including phenoxy) is 1. The van der Waals surface area contributed by atoms with Crippen LogP contribution in [0, 0.1) is 13.8 Å². The molecule has 0 bridgehead atoms. The molecule has 0 atom stereocenters. The Balaban J connectivity index is 1.45. The number of para-hydroxylation sites is 1. The molecule has 0 fully saturated rings. The highest BCUT2D eigenvalue weighted by molar-refractivity contribution is 7.14. The molecule has 0 aliphatic heterocycles. The number of aromatic nitrogens is 2. The standard InChI is InChI=1S/C23H21N3O4S/c1-14-7-6-9-20(15(14)2)26(16(3)27)23-24-17(13-31-23)12-29-22(28)11-19-18-8-4-5-10-21(18)30-25-19/h4-10,13H,11-12H2,1-3H3. The van der Waals surface area contributed by atoms with Crippen molar-refractivity contribution in [1.82, 2.24) is 10.1 Å². The zero-order chi connectivity index (χ0) is 22.0. The van der Waals surface area contributed by atoms with E-state index in [-0.39, 0.29) is 18.9 Å². The lowest BCUT2D eigenvalue weighted by atomic mass is 10.1. The van der Waals surface area contributed by atoms with Gasteiger partial charge in [0.2, 0.25) is 5.91 Å². The molecule has 0 aliphatic carbocycles. The molecule has 0 radical (unpaired) electrons. The van der Waals surface area contributed by atoms with E-state index in [9.17, 15) is 9.59 Å². The zero-order valence-corrected chi connectivity index (χ0v) is 18.2. The van der Waals surface area contributed by atoms with Crippen LogP contribution < -0.4 is 4.90 Å². The summed E-state index contributed by atoms with van der Waals surface area (Å²) in [5, 5.41) is 7.07. The van der Waals surface area contributed by atoms with Crippen molar-refractivity contribution in [1.29, 1.82) is 0 Å². The molecule has 0 aliphatic rings. The molecular formula is C23H21N3O4S. The van der Waals surface area contributed by atoms with E-state index in [0.29, 0.717) is 22.1 Å². The lowest BCUT2D eigenvalue weighted by molar-refractivity contribution is -0.144. The van der Waals surface area contributed by atoms with Crippen molar-refractivity contribution in [3.05, 3.63) is 70.4 Å². The first-order valence-corrected chi connectivity index (χ1v) is 10.6. The number of rotatable bonds is 6. The number of hydrogen-bond donors (Lipinski definition) is 0. The molecule has 158 valence electrons. The number of carbonyl (C=O) groups excluding carboxylic acids is 2. The summed E-state index contributed by atoms with van der Waals surface area (Å²) in [6.45, 7) is 5.50. The quantitative estimate of drug-likeness (QED) is 0.402. The number of carbonyl (C=O) groups is 2. The number of aryl methyl sites for hydroxylation is 1. The van der Waals surface area contributed by atoms with Crippen LogP contribution in [-0.2, 0) is 27.4 Å². The number of thiazole rings is 1. The Morgan fingerprint density at radius 1 is 1.13 bits per heavy atom. The van der Waals surface area contributed by atoms with Crippen LogP contribution in [0.25, 0.3) is 11.0 Å². The van der Waals surface area contributed by atoms with Gasteiger partial charge in [-0.15, -0.1) is 11.3 Å². The van der Waals surface area contributed by atoms with E-state index in [1.165, 1.54) is 18.3 Å². The average molecular weight is 436 g/mol. The molecule has 2 heterocycles. The molecule has 0 saturated heterocycles. The summed E-state index contributed by atoms with van der Waals surface area (Å²) in [6.07, 6.45) is 0.00999. The van der Waals surface area contributed by atoms with E-state index in [1.54, 1.807) is 16.3 Å². The van der Waals surface area contributed by atoms with E-state index in [4.69, 9.17) is 9.26 Å². The van der Waals surface area contributed by atoms with Gasteiger partial charge in [0.25, 0.3) is 0 Å². The number of hydrogen-bond acceptors (Lipinski definition) is 7. The minimum absolute atomic E-state index is 0.00999. The number of esters is 1. The van der Waals surface area contributed by atoms with E-state index in [2.05, 4.69) is 10.1 Å². The van der Waals surface area contributed by atoms with Crippen LogP contribution in [0.4, 0.5) is 10.8 Å². The number of nitrogens with zero attached hydrogens (tertiary/aromatic N) is 3. The monoisotopic (exact) mass is 435 g/mol. The van der Waals surface area contributed by atoms with Gasteiger partial charge < -0.3 is 9.26 Å². The summed E-state index contributed by atoms with van der Waals surface area (Å²) >= 11 is 1.33. The Kier molecular flexibility index (Phi) is 5.81. The van der Waals surface area contributed by atoms with Gasteiger partial charge in [-0.3, -0.25) is 14.5 Å². The normalized spacial score (nSPS) is 10.9. The van der Waals surface area contributed by atoms with Gasteiger partial charge >= 0.3 is 5.97 Å². The third kappa shape index (κ3) is 4.34. The zero-order valence-electron chi connectivity index (χ0n) is 17.4. The van der Waals surface area contributed by atoms with Gasteiger partial charge in [0.1, 0.15) is 12.3 Å². The van der Waals surface area contributed by atoms with Gasteiger partial charge in [0, 0.05) is 17.7 Å². The van der Waals surface area contributed by atoms with Gasteiger partial charge in [-0.05, 0) is 43.2 Å². The summed E-state index contributed by atoms with van der Waals surface area (Å²) in [5.74, 6) is -0.559. The summed E-state index contributed by atoms with van der Waals surface area (Å²) in [5.41, 5.74) is 4.65. The van der Waals surface area contributed by atoms with Crippen LogP contribution in [0.1, 0.15) is 29.4 Å². The minimum atomic E-state index is -0.424. The average Bonchev–Trinajstić information content (AvgIpc) is 3.37. The van der Waals surface area contributed by atoms with Gasteiger partial charge in [-0.25, -0.2) is 4.98 Å². The Morgan fingerprint density at radius 3 is 2.74 bits per heavy atom. The van der Waals surface area contributed by atoms with E-state index in [0.717, 1.165) is 22.2 Å². The molecule has 4 aromatic rings. The highest BCUT2D eigenvalue weighted by Gasteiger charge is 2.21. The number of amides is 1. The fourth-order valence-electron chi connectivity index (χ4n) is 3.26. The van der Waals surface area contributed by atoms with Gasteiger partial charge in [-0.1, -0.05) is 29.4 Å². The lowest BCUT2D eigenvalue weighted by Crippen LogP contribution is -2.23. The fourth-order valence-corrected chi connectivity index (χ4v) is 4.12. The summed E-state index contributed by atoms with van der Waals surface area (Å²) in [4.78, 5) is 30.7. The van der Waals surface area contributed by atoms with Crippen molar-refractivity contribution in [3.63, 3.8) is 0 Å². The molecule has 0 unspecified atom stereocenters. The Hall–Kier alpha value is -3.52. The predicted octanol–water partition coefficient (Wildman–Crippen LogP) is 4.87. The molecule has 31 heavy (non-hydrogen) atoms. The molecule has 7 nitrogen and oxygen atoms in total. The van der Waals surface area contributed by atoms with Crippen molar-refractivity contribution in [2.75, 3.05) is 4.90 Å². The third-order valence-electron chi connectivity index (χ3n) is 5.01. The first-order valence-electron chi connectivity index (χ1n) is 9.74. The molecular weight excluding hydrogens is 414 g/mol. The first kappa shape index (κ1) is 20.7. The minimum Gasteiger partial charge on any atom is -0.459 e. The maximum Gasteiger partial charge on any atom is 0.312 e. The maximum atomic E-state index is 12.4. The van der Waals surface area contributed by atoms with Crippen LogP contribution in [0.3, 0.4) is 0 Å². The van der Waals surface area contributed by atoms with Crippen molar-refractivity contribution in [3.8, 4) is 0 Å². The van der Waals surface area contributed by atoms with Gasteiger partial charge in [-0.2, -0.15) is 0 Å². The molecule has 4 rings (SSSR count). The Labute approximate surface area is 183 Å². The number of anilines is 2. The van der Waals surface area contributed by atoms with Gasteiger partial charge in [0.15, 0.2) is 10.7 Å². The molecule has 0 saturated carbocycles. The van der Waals surface area contributed by atoms with Gasteiger partial charge in [0.05, 0.1) is 17.8 Å². The second-order valence-corrected chi connectivity index (χ2v) is 7.99. The Bertz CT molecular complexity index is 1260.